The fraction of sp³-hybridized carbons (Fsp3) is 0.625. The summed E-state index contributed by atoms with van der Waals surface area (Å²) in [7, 11) is 1.98. The van der Waals surface area contributed by atoms with Gasteiger partial charge in [-0.15, -0.1) is 0 Å². The minimum Gasteiger partial charge on any atom is -0.368 e. The lowest BCUT2D eigenvalue weighted by Gasteiger charge is -2.33. The molecule has 1 unspecified atom stereocenters. The van der Waals surface area contributed by atoms with Crippen molar-refractivity contribution in [2.45, 2.75) is 51.6 Å². The van der Waals surface area contributed by atoms with Crippen LogP contribution in [0.1, 0.15) is 44.6 Å². The first-order valence-corrected chi connectivity index (χ1v) is 7.84. The van der Waals surface area contributed by atoms with Crippen molar-refractivity contribution in [3.05, 3.63) is 28.8 Å². The quantitative estimate of drug-likeness (QED) is 0.888. The molecule has 1 aliphatic rings. The van der Waals surface area contributed by atoms with E-state index in [1.807, 2.05) is 13.1 Å². The Morgan fingerprint density at radius 1 is 1.32 bits per heavy atom. The maximum atomic E-state index is 6.39. The summed E-state index contributed by atoms with van der Waals surface area (Å²) >= 11 is 6.39. The van der Waals surface area contributed by atoms with E-state index in [0.717, 1.165) is 18.1 Å². The number of nitrogens with zero attached hydrogens (tertiary/aromatic N) is 1. The fourth-order valence-electron chi connectivity index (χ4n) is 3.09. The molecule has 106 valence electrons. The molecule has 19 heavy (non-hydrogen) atoms. The van der Waals surface area contributed by atoms with Crippen LogP contribution in [0.5, 0.6) is 0 Å². The average Bonchev–Trinajstić information content (AvgIpc) is 2.66. The lowest BCUT2D eigenvalue weighted by molar-refractivity contribution is 0.554. The summed E-state index contributed by atoms with van der Waals surface area (Å²) in [5, 5.41) is 4.12. The smallest absolute Gasteiger partial charge is 0.0471 e. The first kappa shape index (κ1) is 14.7. The van der Waals surface area contributed by atoms with Crippen molar-refractivity contribution in [2.75, 3.05) is 18.5 Å². The van der Waals surface area contributed by atoms with Gasteiger partial charge in [0.25, 0.3) is 0 Å². The minimum absolute atomic E-state index is 0.663. The number of hydrogen-bond donors (Lipinski definition) is 1. The van der Waals surface area contributed by atoms with Crippen molar-refractivity contribution < 1.29 is 0 Å². The van der Waals surface area contributed by atoms with Crippen LogP contribution in [0.3, 0.4) is 0 Å². The van der Waals surface area contributed by atoms with E-state index in [1.165, 1.54) is 43.4 Å². The van der Waals surface area contributed by atoms with Crippen LogP contribution in [0, 0.1) is 0 Å². The third-order valence-electron chi connectivity index (χ3n) is 4.11. The van der Waals surface area contributed by atoms with E-state index in [4.69, 9.17) is 11.6 Å². The molecule has 2 rings (SSSR count). The molecule has 0 spiro atoms. The van der Waals surface area contributed by atoms with Gasteiger partial charge in [0.15, 0.2) is 0 Å². The Hall–Kier alpha value is -0.730. The van der Waals surface area contributed by atoms with Crippen LogP contribution in [0.15, 0.2) is 18.2 Å². The third kappa shape index (κ3) is 3.43. The maximum absolute atomic E-state index is 6.39. The van der Waals surface area contributed by atoms with Gasteiger partial charge in [0, 0.05) is 35.4 Å². The van der Waals surface area contributed by atoms with Crippen molar-refractivity contribution in [2.24, 2.45) is 0 Å². The number of benzene rings is 1. The summed E-state index contributed by atoms with van der Waals surface area (Å²) in [5.41, 5.74) is 2.57. The summed E-state index contributed by atoms with van der Waals surface area (Å²) in [6.45, 7) is 4.29. The Kier molecular flexibility index (Phi) is 5.53. The average molecular weight is 281 g/mol. The third-order valence-corrected chi connectivity index (χ3v) is 4.46. The molecule has 0 bridgehead atoms. The molecule has 0 amide bonds. The second-order valence-electron chi connectivity index (χ2n) is 5.37. The van der Waals surface area contributed by atoms with Crippen molar-refractivity contribution in [1.82, 2.24) is 5.32 Å². The van der Waals surface area contributed by atoms with Gasteiger partial charge in [-0.05, 0) is 38.4 Å². The lowest BCUT2D eigenvalue weighted by atomic mass is 10.0. The Morgan fingerprint density at radius 3 is 2.89 bits per heavy atom. The van der Waals surface area contributed by atoms with Gasteiger partial charge in [-0.3, -0.25) is 0 Å². The van der Waals surface area contributed by atoms with E-state index in [-0.39, 0.29) is 0 Å². The molecule has 0 radical (unpaired) electrons. The number of hydrogen-bond acceptors (Lipinski definition) is 2. The van der Waals surface area contributed by atoms with E-state index in [1.54, 1.807) is 0 Å². The molecular formula is C16H25ClN2. The maximum Gasteiger partial charge on any atom is 0.0471 e. The highest BCUT2D eigenvalue weighted by Crippen LogP contribution is 2.32. The highest BCUT2D eigenvalue weighted by molar-refractivity contribution is 6.31. The van der Waals surface area contributed by atoms with Gasteiger partial charge in [-0.1, -0.05) is 37.4 Å². The summed E-state index contributed by atoms with van der Waals surface area (Å²) in [6.07, 6.45) is 6.53. The predicted molar refractivity (Wildman–Crippen MR) is 84.1 cm³/mol. The van der Waals surface area contributed by atoms with Gasteiger partial charge in [0.1, 0.15) is 0 Å². The van der Waals surface area contributed by atoms with Crippen molar-refractivity contribution >= 4 is 17.3 Å². The standard InChI is InChI=1S/C16H25ClN2/c1-3-13-8-5-4-6-11-19(13)16-10-7-9-15(17)14(16)12-18-2/h7,9-10,13,18H,3-6,8,11-12H2,1-2H3. The monoisotopic (exact) mass is 280 g/mol. The first-order valence-electron chi connectivity index (χ1n) is 7.46. The molecule has 2 nitrogen and oxygen atoms in total. The van der Waals surface area contributed by atoms with Crippen molar-refractivity contribution in [3.63, 3.8) is 0 Å². The van der Waals surface area contributed by atoms with Crippen molar-refractivity contribution in [1.29, 1.82) is 0 Å². The minimum atomic E-state index is 0.663. The molecule has 1 aliphatic heterocycles. The molecule has 1 aromatic rings. The van der Waals surface area contributed by atoms with Gasteiger partial charge >= 0.3 is 0 Å². The summed E-state index contributed by atoms with van der Waals surface area (Å²) < 4.78 is 0. The molecule has 0 aromatic heterocycles. The highest BCUT2D eigenvalue weighted by atomic mass is 35.5. The van der Waals surface area contributed by atoms with Crippen LogP contribution >= 0.6 is 11.6 Å². The normalized spacial score (nSPS) is 20.4. The Labute approximate surface area is 122 Å². The number of halogens is 1. The number of rotatable bonds is 4. The van der Waals surface area contributed by atoms with Gasteiger partial charge in [0.05, 0.1) is 0 Å². The van der Waals surface area contributed by atoms with Crippen LogP contribution in [0.2, 0.25) is 5.02 Å². The van der Waals surface area contributed by atoms with Gasteiger partial charge in [0.2, 0.25) is 0 Å². The molecule has 1 heterocycles. The van der Waals surface area contributed by atoms with Crippen LogP contribution in [-0.4, -0.2) is 19.6 Å². The SMILES string of the molecule is CCC1CCCCCN1c1cccc(Cl)c1CNC. The Bertz CT molecular complexity index is 406. The Morgan fingerprint density at radius 2 is 2.16 bits per heavy atom. The molecular weight excluding hydrogens is 256 g/mol. The molecule has 3 heteroatoms. The van der Waals surface area contributed by atoms with E-state index < -0.39 is 0 Å². The number of nitrogens with one attached hydrogen (secondary N) is 1. The van der Waals surface area contributed by atoms with E-state index in [9.17, 15) is 0 Å². The zero-order chi connectivity index (χ0) is 13.7. The van der Waals surface area contributed by atoms with E-state index in [2.05, 4.69) is 29.3 Å². The Balaban J connectivity index is 2.34. The lowest BCUT2D eigenvalue weighted by Crippen LogP contribution is -2.35. The predicted octanol–water partition coefficient (Wildman–Crippen LogP) is 4.22. The zero-order valence-electron chi connectivity index (χ0n) is 12.1. The molecule has 1 N–H and O–H groups in total. The topological polar surface area (TPSA) is 15.3 Å². The largest absolute Gasteiger partial charge is 0.368 e. The van der Waals surface area contributed by atoms with Gasteiger partial charge in [-0.2, -0.15) is 0 Å². The molecule has 1 aromatic carbocycles. The summed E-state index contributed by atoms with van der Waals surface area (Å²) in [5.74, 6) is 0. The zero-order valence-corrected chi connectivity index (χ0v) is 12.8. The molecule has 1 atom stereocenters. The van der Waals surface area contributed by atoms with Crippen LogP contribution in [-0.2, 0) is 6.54 Å². The number of anilines is 1. The molecule has 1 fully saturated rings. The van der Waals surface area contributed by atoms with Crippen LogP contribution in [0.4, 0.5) is 5.69 Å². The molecule has 0 aliphatic carbocycles. The van der Waals surface area contributed by atoms with Gasteiger partial charge in [-0.25, -0.2) is 0 Å². The molecule has 1 saturated heterocycles. The fourth-order valence-corrected chi connectivity index (χ4v) is 3.32. The summed E-state index contributed by atoms with van der Waals surface area (Å²) in [6, 6.07) is 6.97. The van der Waals surface area contributed by atoms with E-state index >= 15 is 0 Å². The highest BCUT2D eigenvalue weighted by Gasteiger charge is 2.22. The van der Waals surface area contributed by atoms with Crippen molar-refractivity contribution in [3.8, 4) is 0 Å². The summed E-state index contributed by atoms with van der Waals surface area (Å²) in [4.78, 5) is 2.59. The van der Waals surface area contributed by atoms with Crippen LogP contribution in [0.25, 0.3) is 0 Å². The van der Waals surface area contributed by atoms with E-state index in [0.29, 0.717) is 6.04 Å². The molecule has 0 saturated carbocycles. The van der Waals surface area contributed by atoms with Gasteiger partial charge < -0.3 is 10.2 Å². The van der Waals surface area contributed by atoms with Crippen LogP contribution < -0.4 is 10.2 Å². The first-order chi connectivity index (χ1) is 9.27. The second kappa shape index (κ2) is 7.16. The second-order valence-corrected chi connectivity index (χ2v) is 5.78.